The third kappa shape index (κ3) is 10.9. The number of allylic oxidation sites excluding steroid dienone is 3. The van der Waals surface area contributed by atoms with E-state index in [4.69, 9.17) is 18.7 Å². The quantitative estimate of drug-likeness (QED) is 0.0581. The highest BCUT2D eigenvalue weighted by Crippen LogP contribution is 2.51. The molecule has 0 spiro atoms. The molecule has 18 heteroatoms. The lowest BCUT2D eigenvalue weighted by atomic mass is 9.77. The van der Waals surface area contributed by atoms with Gasteiger partial charge in [-0.1, -0.05) is 36.4 Å². The fourth-order valence-electron chi connectivity index (χ4n) is 7.98. The van der Waals surface area contributed by atoms with E-state index in [-0.39, 0.29) is 37.1 Å². The Morgan fingerprint density at radius 1 is 0.889 bits per heavy atom. The monoisotopic (exact) mass is 906 g/mol. The topological polar surface area (TPSA) is 218 Å². The van der Waals surface area contributed by atoms with E-state index in [2.05, 4.69) is 4.58 Å². The van der Waals surface area contributed by atoms with Crippen molar-refractivity contribution in [3.8, 4) is 34.2 Å². The normalized spacial score (nSPS) is 16.0. The van der Waals surface area contributed by atoms with Crippen LogP contribution in [0.3, 0.4) is 0 Å². The molecule has 0 saturated heterocycles. The maximum Gasteiger partial charge on any atom is 0.333 e. The Bertz CT molecular complexity index is 2750. The van der Waals surface area contributed by atoms with Crippen LogP contribution < -0.4 is 19.7 Å². The molecule has 0 saturated carbocycles. The molecule has 6 rings (SSSR count). The van der Waals surface area contributed by atoms with Crippen molar-refractivity contribution in [1.82, 2.24) is 9.31 Å². The van der Waals surface area contributed by atoms with Gasteiger partial charge in [0.15, 0.2) is 13.1 Å². The summed E-state index contributed by atoms with van der Waals surface area (Å²) in [6.45, 7) is 6.15. The van der Waals surface area contributed by atoms with Gasteiger partial charge in [-0.3, -0.25) is 9.11 Å². The Morgan fingerprint density at radius 2 is 1.57 bits per heavy atom. The van der Waals surface area contributed by atoms with Crippen LogP contribution in [0.15, 0.2) is 106 Å². The number of rotatable bonds is 19. The molecule has 1 aliphatic carbocycles. The summed E-state index contributed by atoms with van der Waals surface area (Å²) in [4.78, 5) is 19.5. The third-order valence-corrected chi connectivity index (χ3v) is 12.8. The Hall–Kier alpha value is -5.76. The van der Waals surface area contributed by atoms with Gasteiger partial charge in [-0.2, -0.15) is 16.8 Å². The fourth-order valence-corrected chi connectivity index (χ4v) is 8.99. The van der Waals surface area contributed by atoms with Crippen LogP contribution in [0.5, 0.6) is 11.8 Å². The molecule has 16 nitrogen and oxygen atoms in total. The molecular weight excluding hydrogens is 855 g/mol. The SMILES string of the molecule is COCC[N+](CCOC)=c1ccc2c(-c3ccccc3)c(C)c(C=CC=C3N(CCCS(=O)(=O)O)c4ccc(S(=O)(=O)O)cc4C3(C)CCCC(=O)On3c(O)ccc3O)oc-2c1. The molecule has 3 heterocycles. The molecule has 3 aliphatic rings. The second-order valence-corrected chi connectivity index (χ2v) is 18.3. The molecule has 0 bridgehead atoms. The van der Waals surface area contributed by atoms with Crippen molar-refractivity contribution in [3.63, 3.8) is 0 Å². The Morgan fingerprint density at radius 3 is 2.21 bits per heavy atom. The Balaban J connectivity index is 1.47. The number of aromatic hydroxyl groups is 2. The van der Waals surface area contributed by atoms with Crippen LogP contribution in [-0.2, 0) is 39.9 Å². The number of aromatic nitrogens is 1. The van der Waals surface area contributed by atoms with Crippen LogP contribution >= 0.6 is 0 Å². The number of carbonyl (C=O) groups excluding carboxylic acids is 1. The van der Waals surface area contributed by atoms with Gasteiger partial charge < -0.3 is 33.8 Å². The van der Waals surface area contributed by atoms with Gasteiger partial charge >= 0.3 is 5.97 Å². The first-order valence-corrected chi connectivity index (χ1v) is 23.2. The number of carbonyl (C=O) groups is 1. The molecular formula is C45H52N3O13S2+. The van der Waals surface area contributed by atoms with Crippen molar-refractivity contribution in [1.29, 1.82) is 0 Å². The highest BCUT2D eigenvalue weighted by Gasteiger charge is 2.44. The van der Waals surface area contributed by atoms with Gasteiger partial charge in [-0.15, -0.1) is 4.73 Å². The first-order valence-electron chi connectivity index (χ1n) is 20.2. The van der Waals surface area contributed by atoms with Gasteiger partial charge in [0.2, 0.25) is 17.1 Å². The Labute approximate surface area is 366 Å². The molecule has 1 aromatic heterocycles. The third-order valence-electron chi connectivity index (χ3n) is 11.1. The van der Waals surface area contributed by atoms with E-state index in [1.807, 2.05) is 79.4 Å². The smallest absolute Gasteiger partial charge is 0.333 e. The maximum atomic E-state index is 12.9. The van der Waals surface area contributed by atoms with E-state index in [1.54, 1.807) is 20.3 Å². The lowest BCUT2D eigenvalue weighted by Gasteiger charge is -2.30. The van der Waals surface area contributed by atoms with Gasteiger partial charge in [0.25, 0.3) is 20.2 Å². The number of hydrogen-bond acceptors (Lipinski definition) is 12. The molecule has 1 atom stereocenters. The summed E-state index contributed by atoms with van der Waals surface area (Å²) in [5, 5.41) is 20.9. The predicted octanol–water partition coefficient (Wildman–Crippen LogP) is 5.66. The second kappa shape index (κ2) is 19.7. The lowest BCUT2D eigenvalue weighted by molar-refractivity contribution is -0.145. The summed E-state index contributed by atoms with van der Waals surface area (Å²) in [5.41, 5.74) is 4.25. The van der Waals surface area contributed by atoms with Gasteiger partial charge in [0.05, 0.1) is 16.7 Å². The number of anilines is 1. The van der Waals surface area contributed by atoms with Gasteiger partial charge in [-0.05, 0) is 86.2 Å². The van der Waals surface area contributed by atoms with Crippen molar-refractivity contribution >= 4 is 38.0 Å². The molecule has 336 valence electrons. The molecule has 63 heavy (non-hydrogen) atoms. The van der Waals surface area contributed by atoms with Crippen molar-refractivity contribution in [2.24, 2.45) is 0 Å². The Kier molecular flexibility index (Phi) is 14.6. The van der Waals surface area contributed by atoms with Crippen LogP contribution in [0, 0.1) is 6.92 Å². The molecule has 0 amide bonds. The van der Waals surface area contributed by atoms with Crippen LogP contribution in [0.25, 0.3) is 28.5 Å². The van der Waals surface area contributed by atoms with Crippen LogP contribution in [0.4, 0.5) is 5.69 Å². The van der Waals surface area contributed by atoms with Gasteiger partial charge in [-0.25, -0.2) is 9.37 Å². The fraction of sp³-hybridized carbons (Fsp3) is 0.333. The minimum atomic E-state index is -4.65. The summed E-state index contributed by atoms with van der Waals surface area (Å²) >= 11 is 0. The van der Waals surface area contributed by atoms with Gasteiger partial charge in [0, 0.05) is 73.3 Å². The van der Waals surface area contributed by atoms with E-state index >= 15 is 0 Å². The molecule has 0 fully saturated rings. The standard InChI is InChI=1S/C45H51N3O13S2/c1-31-38(60-39-29-33(46(24-26-58-3)25-27-59-4)16-18-35(39)44(31)32-11-6-5-7-12-32)13-8-14-40-45(2,22-9-15-43(51)61-48-41(49)20-21-42(48)50)36-30-34(63(55,56)57)17-19-37(36)47(40)23-10-28-62(52,53)54/h5-8,11-14,16-21,29-30H,9-10,15,22-28H2,1-4H3,(H3-,49,50,52,53,54,55,56,57)/p+1. The molecule has 2 aromatic carbocycles. The number of benzene rings is 3. The average Bonchev–Trinajstić information content (AvgIpc) is 3.67. The number of hydrogen-bond donors (Lipinski definition) is 4. The van der Waals surface area contributed by atoms with Crippen LogP contribution in [0.1, 0.15) is 49.5 Å². The largest absolute Gasteiger partial charge is 0.492 e. The second-order valence-electron chi connectivity index (χ2n) is 15.3. The van der Waals surface area contributed by atoms with E-state index < -0.39 is 49.1 Å². The van der Waals surface area contributed by atoms with Crippen molar-refractivity contribution in [3.05, 3.63) is 119 Å². The van der Waals surface area contributed by atoms with E-state index in [0.29, 0.717) is 59.5 Å². The summed E-state index contributed by atoms with van der Waals surface area (Å²) < 4.78 is 88.4. The van der Waals surface area contributed by atoms with Crippen molar-refractivity contribution in [2.75, 3.05) is 57.7 Å². The zero-order valence-corrected chi connectivity index (χ0v) is 37.1. The minimum Gasteiger partial charge on any atom is -0.492 e. The number of ether oxygens (including phenoxy) is 2. The maximum absolute atomic E-state index is 12.9. The first-order chi connectivity index (χ1) is 29.9. The highest BCUT2D eigenvalue weighted by molar-refractivity contribution is 7.86. The molecule has 4 N–H and O–H groups in total. The molecule has 3 aromatic rings. The molecule has 1 unspecified atom stereocenters. The summed E-state index contributed by atoms with van der Waals surface area (Å²) in [6, 6.07) is 22.4. The number of nitrogens with zero attached hydrogens (tertiary/aromatic N) is 3. The van der Waals surface area contributed by atoms with E-state index in [1.165, 1.54) is 18.2 Å². The van der Waals surface area contributed by atoms with Crippen LogP contribution in [-0.4, -0.2) is 99.7 Å². The van der Waals surface area contributed by atoms with Crippen LogP contribution in [0.2, 0.25) is 0 Å². The van der Waals surface area contributed by atoms with E-state index in [0.717, 1.165) is 39.7 Å². The number of methoxy groups -OCH3 is 2. The zero-order chi connectivity index (χ0) is 45.5. The van der Waals surface area contributed by atoms with Crippen molar-refractivity contribution < 1.29 is 59.7 Å². The highest BCUT2D eigenvalue weighted by atomic mass is 32.2. The summed E-state index contributed by atoms with van der Waals surface area (Å²) in [6.07, 6.45) is 5.60. The first kappa shape index (κ1) is 46.7. The number of fused-ring (bicyclic) bond motifs is 2. The average molecular weight is 907 g/mol. The van der Waals surface area contributed by atoms with Gasteiger partial charge in [0.1, 0.15) is 24.7 Å². The minimum absolute atomic E-state index is 0.000690. The molecule has 0 radical (unpaired) electrons. The van der Waals surface area contributed by atoms with E-state index in [9.17, 15) is 40.9 Å². The predicted molar refractivity (Wildman–Crippen MR) is 237 cm³/mol. The zero-order valence-electron chi connectivity index (χ0n) is 35.4. The lowest BCUT2D eigenvalue weighted by Crippen LogP contribution is -2.35. The van der Waals surface area contributed by atoms with Crippen molar-refractivity contribution in [2.45, 2.75) is 49.8 Å². The molecule has 2 aliphatic heterocycles. The summed E-state index contributed by atoms with van der Waals surface area (Å²) in [7, 11) is -5.68. The summed E-state index contributed by atoms with van der Waals surface area (Å²) in [5.74, 6) is -1.11.